The van der Waals surface area contributed by atoms with Crippen LogP contribution < -0.4 is 0 Å². The van der Waals surface area contributed by atoms with Crippen molar-refractivity contribution in [1.29, 1.82) is 0 Å². The van der Waals surface area contributed by atoms with Gasteiger partial charge >= 0.3 is 0 Å². The lowest BCUT2D eigenvalue weighted by molar-refractivity contribution is -0.139. The average Bonchev–Trinajstić information content (AvgIpc) is 3.10. The first-order chi connectivity index (χ1) is 14.3. The summed E-state index contributed by atoms with van der Waals surface area (Å²) in [5, 5.41) is 3.77. The molecule has 30 heavy (non-hydrogen) atoms. The zero-order chi connectivity index (χ0) is 21.9. The molecule has 0 saturated carbocycles. The third kappa shape index (κ3) is 4.59. The van der Waals surface area contributed by atoms with E-state index >= 15 is 0 Å². The Balaban J connectivity index is 1.70. The molecule has 0 spiro atoms. The molecule has 0 bridgehead atoms. The molecule has 0 N–H and O–H groups in total. The fourth-order valence-electron chi connectivity index (χ4n) is 4.00. The summed E-state index contributed by atoms with van der Waals surface area (Å²) in [6.45, 7) is 8.61. The fraction of sp³-hybridized carbons (Fsp3) is 0.545. The maximum atomic E-state index is 13.3. The highest BCUT2D eigenvalue weighted by atomic mass is 32.2. The van der Waals surface area contributed by atoms with Gasteiger partial charge < -0.3 is 9.42 Å². The number of rotatable bonds is 7. The first-order valence-corrected chi connectivity index (χ1v) is 12.0. The zero-order valence-electron chi connectivity index (χ0n) is 18.2. The fourth-order valence-corrected chi connectivity index (χ4v) is 5.76. The van der Waals surface area contributed by atoms with E-state index in [1.54, 1.807) is 13.8 Å². The minimum Gasteiger partial charge on any atom is -0.360 e. The van der Waals surface area contributed by atoms with Gasteiger partial charge in [-0.15, -0.1) is 0 Å². The van der Waals surface area contributed by atoms with Crippen LogP contribution in [0.1, 0.15) is 50.1 Å². The molecule has 3 rings (SSSR count). The Morgan fingerprint density at radius 3 is 2.40 bits per heavy atom. The van der Waals surface area contributed by atoms with Gasteiger partial charge in [-0.3, -0.25) is 4.79 Å². The second-order valence-corrected chi connectivity index (χ2v) is 9.92. The Morgan fingerprint density at radius 2 is 1.87 bits per heavy atom. The van der Waals surface area contributed by atoms with Crippen LogP contribution in [0.5, 0.6) is 0 Å². The summed E-state index contributed by atoms with van der Waals surface area (Å²) >= 11 is 0. The van der Waals surface area contributed by atoms with E-state index < -0.39 is 10.0 Å². The minimum absolute atomic E-state index is 0.114. The van der Waals surface area contributed by atoms with Crippen LogP contribution in [0.15, 0.2) is 39.8 Å². The Labute approximate surface area is 179 Å². The molecule has 1 aromatic carbocycles. The molecule has 1 unspecified atom stereocenters. The highest BCUT2D eigenvalue weighted by Crippen LogP contribution is 2.29. The number of hydrogen-bond acceptors (Lipinski definition) is 5. The van der Waals surface area contributed by atoms with E-state index in [0.717, 1.165) is 12.0 Å². The Morgan fingerprint density at radius 1 is 1.23 bits per heavy atom. The second kappa shape index (κ2) is 9.31. The van der Waals surface area contributed by atoms with Crippen molar-refractivity contribution in [3.05, 3.63) is 47.3 Å². The number of amides is 1. The monoisotopic (exact) mass is 433 g/mol. The normalized spacial score (nSPS) is 17.1. The molecule has 1 aliphatic rings. The van der Waals surface area contributed by atoms with Crippen molar-refractivity contribution in [2.24, 2.45) is 5.92 Å². The standard InChI is InChI=1S/C22H31N3O4S/c1-5-16(2)25(15-19-9-7-6-8-10-19)22(26)20-11-13-24(14-12-20)30(27,28)21-17(3)23-29-18(21)4/h6-10,16,20H,5,11-15H2,1-4H3. The molecular weight excluding hydrogens is 402 g/mol. The van der Waals surface area contributed by atoms with Gasteiger partial charge in [-0.25, -0.2) is 8.42 Å². The molecule has 1 saturated heterocycles. The van der Waals surface area contributed by atoms with Crippen LogP contribution in [-0.4, -0.2) is 47.8 Å². The molecular formula is C22H31N3O4S. The number of hydrogen-bond donors (Lipinski definition) is 0. The molecule has 7 nitrogen and oxygen atoms in total. The van der Waals surface area contributed by atoms with Crippen LogP contribution in [-0.2, 0) is 21.4 Å². The van der Waals surface area contributed by atoms with Crippen molar-refractivity contribution in [1.82, 2.24) is 14.4 Å². The van der Waals surface area contributed by atoms with E-state index in [9.17, 15) is 13.2 Å². The summed E-state index contributed by atoms with van der Waals surface area (Å²) in [4.78, 5) is 15.4. The predicted octanol–water partition coefficient (Wildman–Crippen LogP) is 3.52. The first kappa shape index (κ1) is 22.5. The van der Waals surface area contributed by atoms with Crippen molar-refractivity contribution in [3.8, 4) is 0 Å². The number of carbonyl (C=O) groups is 1. The van der Waals surface area contributed by atoms with Crippen LogP contribution in [0, 0.1) is 19.8 Å². The van der Waals surface area contributed by atoms with Gasteiger partial charge in [-0.2, -0.15) is 4.31 Å². The van der Waals surface area contributed by atoms with Gasteiger partial charge in [0.15, 0.2) is 5.76 Å². The smallest absolute Gasteiger partial charge is 0.248 e. The number of piperidine rings is 1. The summed E-state index contributed by atoms with van der Waals surface area (Å²) in [5.41, 5.74) is 1.47. The molecule has 1 atom stereocenters. The van der Waals surface area contributed by atoms with Crippen molar-refractivity contribution in [2.45, 2.75) is 64.4 Å². The van der Waals surface area contributed by atoms with Crippen LogP contribution in [0.25, 0.3) is 0 Å². The maximum absolute atomic E-state index is 13.3. The van der Waals surface area contributed by atoms with E-state index in [0.29, 0.717) is 43.9 Å². The van der Waals surface area contributed by atoms with Crippen LogP contribution in [0.3, 0.4) is 0 Å². The van der Waals surface area contributed by atoms with Gasteiger partial charge in [0.05, 0.1) is 0 Å². The molecule has 8 heteroatoms. The summed E-state index contributed by atoms with van der Waals surface area (Å²) < 4.78 is 32.5. The van der Waals surface area contributed by atoms with E-state index in [4.69, 9.17) is 4.52 Å². The maximum Gasteiger partial charge on any atom is 0.248 e. The largest absolute Gasteiger partial charge is 0.360 e. The molecule has 0 aliphatic carbocycles. The molecule has 1 fully saturated rings. The number of carbonyl (C=O) groups excluding carboxylic acids is 1. The van der Waals surface area contributed by atoms with Crippen molar-refractivity contribution >= 4 is 15.9 Å². The Hall–Kier alpha value is -2.19. The third-order valence-corrected chi connectivity index (χ3v) is 8.11. The third-order valence-electron chi connectivity index (χ3n) is 5.97. The molecule has 164 valence electrons. The van der Waals surface area contributed by atoms with E-state index in [1.165, 1.54) is 4.31 Å². The number of sulfonamides is 1. The van der Waals surface area contributed by atoms with Crippen LogP contribution in [0.2, 0.25) is 0 Å². The van der Waals surface area contributed by atoms with Crippen LogP contribution >= 0.6 is 0 Å². The topological polar surface area (TPSA) is 83.7 Å². The van der Waals surface area contributed by atoms with Crippen molar-refractivity contribution in [2.75, 3.05) is 13.1 Å². The van der Waals surface area contributed by atoms with Gasteiger partial charge in [0, 0.05) is 31.6 Å². The average molecular weight is 434 g/mol. The lowest BCUT2D eigenvalue weighted by Gasteiger charge is -2.36. The second-order valence-electron chi connectivity index (χ2n) is 8.04. The summed E-state index contributed by atoms with van der Waals surface area (Å²) in [5.74, 6) is 0.248. The molecule has 1 amide bonds. The lowest BCUT2D eigenvalue weighted by atomic mass is 9.95. The quantitative estimate of drug-likeness (QED) is 0.667. The van der Waals surface area contributed by atoms with E-state index in [-0.39, 0.29) is 22.8 Å². The molecule has 2 aromatic rings. The summed E-state index contributed by atoms with van der Waals surface area (Å²) in [6, 6.07) is 10.1. The van der Waals surface area contributed by atoms with Crippen LogP contribution in [0.4, 0.5) is 0 Å². The van der Waals surface area contributed by atoms with Gasteiger partial charge in [-0.1, -0.05) is 42.4 Å². The number of nitrogens with zero attached hydrogens (tertiary/aromatic N) is 3. The lowest BCUT2D eigenvalue weighted by Crippen LogP contribution is -2.46. The Kier molecular flexibility index (Phi) is 6.98. The highest BCUT2D eigenvalue weighted by Gasteiger charge is 2.37. The SMILES string of the molecule is CCC(C)N(Cc1ccccc1)C(=O)C1CCN(S(=O)(=O)c2c(C)noc2C)CC1. The predicted molar refractivity (Wildman–Crippen MR) is 114 cm³/mol. The zero-order valence-corrected chi connectivity index (χ0v) is 19.0. The molecule has 1 aromatic heterocycles. The first-order valence-electron chi connectivity index (χ1n) is 10.5. The van der Waals surface area contributed by atoms with Gasteiger partial charge in [0.2, 0.25) is 15.9 Å². The minimum atomic E-state index is -3.67. The molecule has 0 radical (unpaired) electrons. The number of benzene rings is 1. The summed E-state index contributed by atoms with van der Waals surface area (Å²) in [6.07, 6.45) is 1.91. The van der Waals surface area contributed by atoms with Gasteiger partial charge in [0.25, 0.3) is 0 Å². The number of aryl methyl sites for hydroxylation is 2. The Bertz CT molecular complexity index is 944. The number of aromatic nitrogens is 1. The molecule has 2 heterocycles. The van der Waals surface area contributed by atoms with Crippen molar-refractivity contribution in [3.63, 3.8) is 0 Å². The van der Waals surface area contributed by atoms with E-state index in [1.807, 2.05) is 35.2 Å². The van der Waals surface area contributed by atoms with Gasteiger partial charge in [0.1, 0.15) is 10.6 Å². The van der Waals surface area contributed by atoms with Gasteiger partial charge in [-0.05, 0) is 45.6 Å². The van der Waals surface area contributed by atoms with E-state index in [2.05, 4.69) is 19.0 Å². The summed E-state index contributed by atoms with van der Waals surface area (Å²) in [7, 11) is -3.67. The van der Waals surface area contributed by atoms with Crippen molar-refractivity contribution < 1.29 is 17.7 Å². The molecule has 1 aliphatic heterocycles. The highest BCUT2D eigenvalue weighted by molar-refractivity contribution is 7.89.